The van der Waals surface area contributed by atoms with Crippen molar-refractivity contribution >= 4 is 75.1 Å². The minimum Gasteiger partial charge on any atom is -0.309 e. The van der Waals surface area contributed by atoms with Crippen molar-refractivity contribution in [2.45, 2.75) is 0 Å². The van der Waals surface area contributed by atoms with E-state index in [1.54, 1.807) is 0 Å². The molecule has 7 aromatic carbocycles. The zero-order valence-electron chi connectivity index (χ0n) is 27.5. The van der Waals surface area contributed by atoms with Gasteiger partial charge < -0.3 is 4.57 Å². The quantitative estimate of drug-likeness (QED) is 0.183. The standard InChI is InChI=1S/C47H29N3S/c1-2-11-33(12-3-1)49-41-17-7-4-13-34(41)37-27-30(21-24-43(37)49)31-22-25-44-38(28-31)35-14-5-8-18-42(35)50(44)47-20-10-16-40(48-47)32-23-26-46-39(29-32)36-15-6-9-19-45(36)51-46/h1-29H. The molecule has 0 bridgehead atoms. The average molecular weight is 668 g/mol. The van der Waals surface area contributed by atoms with Gasteiger partial charge in [-0.15, -0.1) is 11.3 Å². The van der Waals surface area contributed by atoms with Gasteiger partial charge in [0.2, 0.25) is 0 Å². The van der Waals surface area contributed by atoms with Gasteiger partial charge in [0.05, 0.1) is 27.8 Å². The topological polar surface area (TPSA) is 22.8 Å². The van der Waals surface area contributed by atoms with Gasteiger partial charge in [-0.2, -0.15) is 0 Å². The highest BCUT2D eigenvalue weighted by Gasteiger charge is 2.17. The molecule has 11 aromatic rings. The van der Waals surface area contributed by atoms with Gasteiger partial charge in [0.25, 0.3) is 0 Å². The Kier molecular flexibility index (Phi) is 6.12. The Morgan fingerprint density at radius 3 is 1.65 bits per heavy atom. The van der Waals surface area contributed by atoms with Crippen molar-refractivity contribution in [3.63, 3.8) is 0 Å². The van der Waals surface area contributed by atoms with E-state index in [1.807, 2.05) is 11.3 Å². The zero-order valence-corrected chi connectivity index (χ0v) is 28.3. The Hall–Kier alpha value is -6.49. The van der Waals surface area contributed by atoms with Gasteiger partial charge >= 0.3 is 0 Å². The molecule has 0 N–H and O–H groups in total. The van der Waals surface area contributed by atoms with Gasteiger partial charge in [0, 0.05) is 53.0 Å². The Balaban J connectivity index is 1.06. The minimum absolute atomic E-state index is 0.914. The summed E-state index contributed by atoms with van der Waals surface area (Å²) in [5.74, 6) is 0.914. The first kappa shape index (κ1) is 28.4. The van der Waals surface area contributed by atoms with Crippen LogP contribution in [-0.2, 0) is 0 Å². The van der Waals surface area contributed by atoms with Crippen LogP contribution in [0, 0.1) is 0 Å². The maximum Gasteiger partial charge on any atom is 0.138 e. The SMILES string of the molecule is c1ccc(-n2c3ccccc3c3cc(-c4ccc5c(c4)c4ccccc4n5-c4cccc(-c5ccc6sc7ccccc7c6c5)n4)ccc32)cc1. The zero-order chi connectivity index (χ0) is 33.5. The number of nitrogens with zero attached hydrogens (tertiary/aromatic N) is 3. The molecular formula is C47H29N3S. The Morgan fingerprint density at radius 1 is 0.353 bits per heavy atom. The van der Waals surface area contributed by atoms with E-state index in [4.69, 9.17) is 4.98 Å². The first-order chi connectivity index (χ1) is 25.3. The van der Waals surface area contributed by atoms with Gasteiger partial charge in [-0.25, -0.2) is 4.98 Å². The van der Waals surface area contributed by atoms with Crippen LogP contribution in [0.25, 0.3) is 97.7 Å². The third-order valence-corrected chi connectivity index (χ3v) is 11.5. The van der Waals surface area contributed by atoms with E-state index in [9.17, 15) is 0 Å². The third kappa shape index (κ3) is 4.33. The van der Waals surface area contributed by atoms with Gasteiger partial charge in [-0.1, -0.05) is 97.1 Å². The summed E-state index contributed by atoms with van der Waals surface area (Å²) in [4.78, 5) is 5.29. The monoisotopic (exact) mass is 667 g/mol. The number of fused-ring (bicyclic) bond motifs is 9. The van der Waals surface area contributed by atoms with Crippen molar-refractivity contribution in [3.05, 3.63) is 176 Å². The molecule has 11 rings (SSSR count). The number of aromatic nitrogens is 3. The summed E-state index contributed by atoms with van der Waals surface area (Å²) in [6.07, 6.45) is 0. The molecule has 4 aromatic heterocycles. The molecule has 51 heavy (non-hydrogen) atoms. The van der Waals surface area contributed by atoms with Crippen molar-refractivity contribution in [2.75, 3.05) is 0 Å². The number of pyridine rings is 1. The molecule has 0 aliphatic rings. The maximum absolute atomic E-state index is 5.29. The first-order valence-electron chi connectivity index (χ1n) is 17.3. The molecule has 0 atom stereocenters. The molecule has 0 spiro atoms. The summed E-state index contributed by atoms with van der Waals surface area (Å²) in [6, 6.07) is 63.6. The van der Waals surface area contributed by atoms with Crippen LogP contribution in [-0.4, -0.2) is 14.1 Å². The maximum atomic E-state index is 5.29. The van der Waals surface area contributed by atoms with Crippen LogP contribution in [0.15, 0.2) is 176 Å². The fourth-order valence-electron chi connectivity index (χ4n) is 8.00. The Bertz CT molecular complexity index is 3140. The Morgan fingerprint density at radius 2 is 0.902 bits per heavy atom. The molecule has 3 nitrogen and oxygen atoms in total. The van der Waals surface area contributed by atoms with E-state index >= 15 is 0 Å². The van der Waals surface area contributed by atoms with E-state index in [0.29, 0.717) is 0 Å². The molecule has 0 aliphatic heterocycles. The molecule has 0 radical (unpaired) electrons. The molecule has 4 heterocycles. The summed E-state index contributed by atoms with van der Waals surface area (Å²) in [5.41, 5.74) is 10.4. The molecule has 238 valence electrons. The first-order valence-corrected chi connectivity index (χ1v) is 18.1. The number of para-hydroxylation sites is 3. The second-order valence-corrected chi connectivity index (χ2v) is 14.3. The second-order valence-electron chi connectivity index (χ2n) is 13.2. The fourth-order valence-corrected chi connectivity index (χ4v) is 9.09. The molecule has 0 saturated heterocycles. The predicted molar refractivity (Wildman–Crippen MR) is 217 cm³/mol. The second kappa shape index (κ2) is 11.0. The number of benzene rings is 7. The van der Waals surface area contributed by atoms with E-state index in [1.165, 1.54) is 69.6 Å². The van der Waals surface area contributed by atoms with Gasteiger partial charge in [-0.3, -0.25) is 4.57 Å². The highest BCUT2D eigenvalue weighted by molar-refractivity contribution is 7.25. The van der Waals surface area contributed by atoms with Crippen LogP contribution < -0.4 is 0 Å². The lowest BCUT2D eigenvalue weighted by molar-refractivity contribution is 1.08. The van der Waals surface area contributed by atoms with Crippen molar-refractivity contribution in [1.29, 1.82) is 0 Å². The largest absolute Gasteiger partial charge is 0.309 e. The van der Waals surface area contributed by atoms with Gasteiger partial charge in [0.15, 0.2) is 0 Å². The van der Waals surface area contributed by atoms with Crippen LogP contribution >= 0.6 is 11.3 Å². The lowest BCUT2D eigenvalue weighted by atomic mass is 10.0. The highest BCUT2D eigenvalue weighted by atomic mass is 32.1. The third-order valence-electron chi connectivity index (χ3n) is 10.3. The fraction of sp³-hybridized carbons (Fsp3) is 0. The van der Waals surface area contributed by atoms with E-state index in [0.717, 1.165) is 28.1 Å². The van der Waals surface area contributed by atoms with E-state index < -0.39 is 0 Å². The molecule has 0 aliphatic carbocycles. The predicted octanol–water partition coefficient (Wildman–Crippen LogP) is 13.0. The summed E-state index contributed by atoms with van der Waals surface area (Å²) in [6.45, 7) is 0. The van der Waals surface area contributed by atoms with Gasteiger partial charge in [0.1, 0.15) is 5.82 Å². The van der Waals surface area contributed by atoms with E-state index in [-0.39, 0.29) is 0 Å². The lowest BCUT2D eigenvalue weighted by Crippen LogP contribution is -1.98. The van der Waals surface area contributed by atoms with Crippen LogP contribution in [0.4, 0.5) is 0 Å². The van der Waals surface area contributed by atoms with Crippen molar-refractivity contribution in [2.24, 2.45) is 0 Å². The summed E-state index contributed by atoms with van der Waals surface area (Å²) in [5, 5.41) is 7.53. The van der Waals surface area contributed by atoms with E-state index in [2.05, 4.69) is 185 Å². The lowest BCUT2D eigenvalue weighted by Gasteiger charge is -2.10. The van der Waals surface area contributed by atoms with Gasteiger partial charge in [-0.05, 0) is 90.0 Å². The van der Waals surface area contributed by atoms with Crippen LogP contribution in [0.1, 0.15) is 0 Å². The van der Waals surface area contributed by atoms with Crippen molar-refractivity contribution < 1.29 is 0 Å². The van der Waals surface area contributed by atoms with Crippen LogP contribution in [0.2, 0.25) is 0 Å². The van der Waals surface area contributed by atoms with Crippen LogP contribution in [0.5, 0.6) is 0 Å². The summed E-state index contributed by atoms with van der Waals surface area (Å²) in [7, 11) is 0. The normalized spacial score (nSPS) is 11.9. The van der Waals surface area contributed by atoms with Crippen molar-refractivity contribution in [1.82, 2.24) is 14.1 Å². The highest BCUT2D eigenvalue weighted by Crippen LogP contribution is 2.39. The molecular weight excluding hydrogens is 639 g/mol. The summed E-state index contributed by atoms with van der Waals surface area (Å²) >= 11 is 1.84. The van der Waals surface area contributed by atoms with Crippen molar-refractivity contribution in [3.8, 4) is 33.9 Å². The average Bonchev–Trinajstić information content (AvgIpc) is 3.85. The molecule has 0 amide bonds. The number of thiophene rings is 1. The molecule has 0 unspecified atom stereocenters. The molecule has 4 heteroatoms. The number of hydrogen-bond donors (Lipinski definition) is 0. The Labute approximate surface area is 297 Å². The van der Waals surface area contributed by atoms with Crippen LogP contribution in [0.3, 0.4) is 0 Å². The molecule has 0 saturated carbocycles. The number of hydrogen-bond acceptors (Lipinski definition) is 2. The summed E-state index contributed by atoms with van der Waals surface area (Å²) < 4.78 is 7.30. The number of rotatable bonds is 4. The minimum atomic E-state index is 0.914. The smallest absolute Gasteiger partial charge is 0.138 e. The molecule has 0 fully saturated rings.